The van der Waals surface area contributed by atoms with Crippen LogP contribution in [0.1, 0.15) is 6.23 Å². The number of aliphatic hydroxyl groups excluding tert-OH is 2. The topological polar surface area (TPSA) is 119 Å². The van der Waals surface area contributed by atoms with Crippen LogP contribution in [-0.4, -0.2) is 64.6 Å². The zero-order valence-electron chi connectivity index (χ0n) is 9.79. The molecule has 0 saturated carbocycles. The van der Waals surface area contributed by atoms with Crippen molar-refractivity contribution in [2.24, 2.45) is 0 Å². The number of rotatable bonds is 2. The fourth-order valence-corrected chi connectivity index (χ4v) is 3.02. The molecule has 4 N–H and O–H groups in total. The molecule has 1 aliphatic heterocycles. The predicted molar refractivity (Wildman–Crippen MR) is 67.6 cm³/mol. The predicted octanol–water partition coefficient (Wildman–Crippen LogP) is -1.65. The maximum atomic E-state index is 9.96. The van der Waals surface area contributed by atoms with E-state index in [0.717, 1.165) is 0 Å². The summed E-state index contributed by atoms with van der Waals surface area (Å²) >= 11 is 2.35. The van der Waals surface area contributed by atoms with E-state index in [4.69, 9.17) is 15.6 Å². The van der Waals surface area contributed by atoms with E-state index in [9.17, 15) is 5.11 Å². The number of hydrogen-bond acceptors (Lipinski definition) is 7. The molecule has 0 amide bonds. The van der Waals surface area contributed by atoms with Crippen LogP contribution in [-0.2, 0) is 4.74 Å². The third-order valence-corrected chi connectivity index (χ3v) is 4.35. The first kappa shape index (κ1) is 12.8. The van der Waals surface area contributed by atoms with E-state index < -0.39 is 18.4 Å². The number of hydrogen-bond donors (Lipinski definition) is 3. The van der Waals surface area contributed by atoms with Crippen molar-refractivity contribution in [3.05, 3.63) is 12.7 Å². The number of nitrogens with two attached hydrogens (primary N) is 1. The Balaban J connectivity index is 2.04. The number of ether oxygens (including phenoxy) is 1. The van der Waals surface area contributed by atoms with Gasteiger partial charge in [-0.25, -0.2) is 0 Å². The van der Waals surface area contributed by atoms with Crippen molar-refractivity contribution in [1.29, 1.82) is 0 Å². The average Bonchev–Trinajstić information content (AvgIpc) is 2.94. The summed E-state index contributed by atoms with van der Waals surface area (Å²) in [5, 5.41) is 19.1. The van der Waals surface area contributed by atoms with Gasteiger partial charge in [0.15, 0.2) is 0 Å². The van der Waals surface area contributed by atoms with Gasteiger partial charge in [-0.2, -0.15) is 0 Å². The Labute approximate surface area is 116 Å². The molecule has 0 radical (unpaired) electrons. The minimum atomic E-state index is -0.758. The molecule has 0 aliphatic carbocycles. The van der Waals surface area contributed by atoms with Crippen molar-refractivity contribution in [2.45, 2.75) is 23.3 Å². The van der Waals surface area contributed by atoms with Crippen LogP contribution in [0.25, 0.3) is 11.2 Å². The quantitative estimate of drug-likeness (QED) is 0.564. The molecule has 1 saturated heterocycles. The molecule has 2 aromatic heterocycles. The molecule has 9 heteroatoms. The Bertz CT molecular complexity index is 606. The summed E-state index contributed by atoms with van der Waals surface area (Å²) < 4.78 is 7.32. The monoisotopic (exact) mass is 331 g/mol. The van der Waals surface area contributed by atoms with Crippen LogP contribution in [0.15, 0.2) is 12.7 Å². The fourth-order valence-electron chi connectivity index (χ4n) is 2.17. The molecular formula is C10H13N5O3Se. The van der Waals surface area contributed by atoms with Crippen molar-refractivity contribution in [3.8, 4) is 0 Å². The molecule has 4 atom stereocenters. The molecule has 1 unspecified atom stereocenters. The molecule has 3 heterocycles. The molecule has 2 aromatic rings. The molecule has 1 fully saturated rings. The van der Waals surface area contributed by atoms with Gasteiger partial charge in [0.05, 0.1) is 0 Å². The summed E-state index contributed by atoms with van der Waals surface area (Å²) in [6, 6.07) is 0. The van der Waals surface area contributed by atoms with Gasteiger partial charge in [-0.15, -0.1) is 0 Å². The second kappa shape index (κ2) is 4.69. The van der Waals surface area contributed by atoms with E-state index >= 15 is 0 Å². The van der Waals surface area contributed by atoms with Gasteiger partial charge in [0.2, 0.25) is 0 Å². The zero-order chi connectivity index (χ0) is 13.6. The standard InChI is InChI=1S/C10H13N5O3Se/c11-8-5-9(13-2-12-8)15(3-14-5)10-7(19)6(17)4(1-16)18-10/h2-4,6-7,10,16-17,19H,1H2,(H2,11,12,13)/t4-,6+,7?,10-/m1/s1. The second-order valence-corrected chi connectivity index (χ2v) is 5.56. The Morgan fingerprint density at radius 1 is 1.42 bits per heavy atom. The average molecular weight is 330 g/mol. The summed E-state index contributed by atoms with van der Waals surface area (Å²) in [6.07, 6.45) is 1.06. The van der Waals surface area contributed by atoms with Crippen molar-refractivity contribution >= 4 is 33.0 Å². The summed E-state index contributed by atoms with van der Waals surface area (Å²) in [5.74, 6) is 0.295. The van der Waals surface area contributed by atoms with E-state index in [1.54, 1.807) is 10.9 Å². The van der Waals surface area contributed by atoms with E-state index in [-0.39, 0.29) is 11.4 Å². The van der Waals surface area contributed by atoms with Gasteiger partial charge < -0.3 is 0 Å². The van der Waals surface area contributed by atoms with Gasteiger partial charge in [-0.1, -0.05) is 0 Å². The minimum absolute atomic E-state index is 0.240. The van der Waals surface area contributed by atoms with Crippen LogP contribution in [0.2, 0.25) is 4.82 Å². The Kier molecular flexibility index (Phi) is 3.15. The molecule has 0 spiro atoms. The molecular weight excluding hydrogens is 317 g/mol. The number of nitrogens with zero attached hydrogens (tertiary/aromatic N) is 4. The van der Waals surface area contributed by atoms with E-state index in [2.05, 4.69) is 31.0 Å². The molecule has 0 aromatic carbocycles. The van der Waals surface area contributed by atoms with Crippen LogP contribution in [0.5, 0.6) is 0 Å². The van der Waals surface area contributed by atoms with Crippen molar-refractivity contribution in [3.63, 3.8) is 0 Å². The number of imidazole rings is 1. The van der Waals surface area contributed by atoms with E-state index in [0.29, 0.717) is 17.0 Å². The fraction of sp³-hybridized carbons (Fsp3) is 0.500. The van der Waals surface area contributed by atoms with Gasteiger partial charge in [0.25, 0.3) is 0 Å². The van der Waals surface area contributed by atoms with Crippen LogP contribution in [0.3, 0.4) is 0 Å². The van der Waals surface area contributed by atoms with Crippen LogP contribution in [0.4, 0.5) is 5.82 Å². The number of anilines is 1. The van der Waals surface area contributed by atoms with Crippen molar-refractivity contribution in [2.75, 3.05) is 12.3 Å². The van der Waals surface area contributed by atoms with Gasteiger partial charge in [0, 0.05) is 0 Å². The summed E-state index contributed by atoms with van der Waals surface area (Å²) in [4.78, 5) is 11.9. The van der Waals surface area contributed by atoms with Gasteiger partial charge in [-0.3, -0.25) is 0 Å². The number of fused-ring (bicyclic) bond motifs is 1. The molecule has 1 aliphatic rings. The Morgan fingerprint density at radius 3 is 2.89 bits per heavy atom. The molecule has 8 nitrogen and oxygen atoms in total. The maximum absolute atomic E-state index is 9.96. The Hall–Kier alpha value is -1.25. The first-order chi connectivity index (χ1) is 9.13. The molecule has 0 bridgehead atoms. The zero-order valence-corrected chi connectivity index (χ0v) is 11.7. The Morgan fingerprint density at radius 2 is 2.21 bits per heavy atom. The number of nitrogen functional groups attached to an aromatic ring is 1. The van der Waals surface area contributed by atoms with Gasteiger partial charge in [0.1, 0.15) is 0 Å². The number of aliphatic hydroxyl groups is 2. The van der Waals surface area contributed by atoms with Gasteiger partial charge >= 0.3 is 116 Å². The second-order valence-electron chi connectivity index (χ2n) is 4.31. The first-order valence-electron chi connectivity index (χ1n) is 5.69. The first-order valence-corrected chi connectivity index (χ1v) is 6.77. The van der Waals surface area contributed by atoms with Gasteiger partial charge in [-0.05, 0) is 0 Å². The van der Waals surface area contributed by atoms with Crippen molar-refractivity contribution < 1.29 is 14.9 Å². The number of aromatic nitrogens is 4. The third kappa shape index (κ3) is 1.90. The van der Waals surface area contributed by atoms with Crippen LogP contribution >= 0.6 is 0 Å². The van der Waals surface area contributed by atoms with Crippen LogP contribution < -0.4 is 5.73 Å². The molecule has 3 rings (SSSR count). The van der Waals surface area contributed by atoms with E-state index in [1.807, 2.05) is 0 Å². The summed E-state index contributed by atoms with van der Waals surface area (Å²) in [5.41, 5.74) is 6.76. The van der Waals surface area contributed by atoms with Crippen LogP contribution in [0, 0.1) is 0 Å². The summed E-state index contributed by atoms with van der Waals surface area (Å²) in [7, 11) is 0. The SMILES string of the molecule is Nc1ncnc2c1ncn2[C@@H]1O[C@H](CO)[C@H](O)C1[SeH]. The molecule has 102 valence electrons. The van der Waals surface area contributed by atoms with E-state index in [1.165, 1.54) is 6.33 Å². The normalized spacial score (nSPS) is 31.1. The van der Waals surface area contributed by atoms with Crippen molar-refractivity contribution in [1.82, 2.24) is 19.5 Å². The molecule has 19 heavy (non-hydrogen) atoms. The summed E-state index contributed by atoms with van der Waals surface area (Å²) in [6.45, 7) is -0.240. The third-order valence-electron chi connectivity index (χ3n) is 3.18.